The topological polar surface area (TPSA) is 94.7 Å². The van der Waals surface area contributed by atoms with Crippen molar-refractivity contribution in [2.75, 3.05) is 0 Å². The van der Waals surface area contributed by atoms with E-state index in [1.165, 1.54) is 12.1 Å². The molecule has 0 unspecified atom stereocenters. The summed E-state index contributed by atoms with van der Waals surface area (Å²) in [5, 5.41) is 25.8. The van der Waals surface area contributed by atoms with Crippen molar-refractivity contribution < 1.29 is 4.92 Å². The van der Waals surface area contributed by atoms with Gasteiger partial charge in [-0.2, -0.15) is 0 Å². The molecule has 0 radical (unpaired) electrons. The number of hydrogen-bond acceptors (Lipinski definition) is 6. The Kier molecular flexibility index (Phi) is 2.92. The molecule has 7 nitrogen and oxygen atoms in total. The first-order valence-electron chi connectivity index (χ1n) is 4.57. The molecule has 2 aromatic rings. The Hall–Kier alpha value is -2.15. The molecular formula is C9H6ClN5O2. The van der Waals surface area contributed by atoms with Crippen molar-refractivity contribution in [3.8, 4) is 11.4 Å². The molecule has 1 aromatic carbocycles. The van der Waals surface area contributed by atoms with Crippen LogP contribution in [0.15, 0.2) is 18.2 Å². The van der Waals surface area contributed by atoms with Gasteiger partial charge in [-0.05, 0) is 19.1 Å². The van der Waals surface area contributed by atoms with E-state index < -0.39 is 4.92 Å². The van der Waals surface area contributed by atoms with Crippen LogP contribution >= 0.6 is 11.6 Å². The lowest BCUT2D eigenvalue weighted by atomic mass is 10.1. The molecule has 0 amide bonds. The van der Waals surface area contributed by atoms with Gasteiger partial charge in [0, 0.05) is 0 Å². The Bertz CT molecular complexity index is 572. The summed E-state index contributed by atoms with van der Waals surface area (Å²) in [6.45, 7) is 1.62. The SMILES string of the molecule is Cc1nnc(-c2cccc(Cl)c2[N+](=O)[O-])nn1. The molecule has 2 rings (SSSR count). The van der Waals surface area contributed by atoms with Gasteiger partial charge in [0.25, 0.3) is 5.69 Å². The van der Waals surface area contributed by atoms with Crippen LogP contribution in [0.2, 0.25) is 5.02 Å². The first kappa shape index (κ1) is 11.3. The van der Waals surface area contributed by atoms with E-state index in [0.29, 0.717) is 5.82 Å². The quantitative estimate of drug-likeness (QED) is 0.597. The maximum atomic E-state index is 10.9. The molecule has 0 aliphatic heterocycles. The van der Waals surface area contributed by atoms with E-state index in [1.54, 1.807) is 13.0 Å². The molecule has 0 N–H and O–H groups in total. The van der Waals surface area contributed by atoms with Crippen LogP contribution in [0.1, 0.15) is 5.82 Å². The fourth-order valence-electron chi connectivity index (χ4n) is 1.27. The van der Waals surface area contributed by atoms with Crippen LogP contribution < -0.4 is 0 Å². The van der Waals surface area contributed by atoms with E-state index in [-0.39, 0.29) is 22.1 Å². The maximum absolute atomic E-state index is 10.9. The summed E-state index contributed by atoms with van der Waals surface area (Å²) in [7, 11) is 0. The highest BCUT2D eigenvalue weighted by molar-refractivity contribution is 6.33. The largest absolute Gasteiger partial charge is 0.298 e. The average Bonchev–Trinajstić information content (AvgIpc) is 2.29. The second-order valence-corrected chi connectivity index (χ2v) is 3.57. The fourth-order valence-corrected chi connectivity index (χ4v) is 1.51. The highest BCUT2D eigenvalue weighted by atomic mass is 35.5. The molecule has 17 heavy (non-hydrogen) atoms. The number of benzene rings is 1. The van der Waals surface area contributed by atoms with E-state index in [1.807, 2.05) is 0 Å². The fraction of sp³-hybridized carbons (Fsp3) is 0.111. The normalized spacial score (nSPS) is 10.2. The number of hydrogen-bond donors (Lipinski definition) is 0. The molecule has 0 fully saturated rings. The first-order chi connectivity index (χ1) is 8.09. The molecule has 0 spiro atoms. The number of nitro groups is 1. The third-order valence-corrected chi connectivity index (χ3v) is 2.29. The molecule has 0 aliphatic rings. The van der Waals surface area contributed by atoms with Crippen LogP contribution in [0.5, 0.6) is 0 Å². The van der Waals surface area contributed by atoms with Crippen LogP contribution in [0, 0.1) is 17.0 Å². The summed E-state index contributed by atoms with van der Waals surface area (Å²) in [4.78, 5) is 10.3. The summed E-state index contributed by atoms with van der Waals surface area (Å²) in [5.41, 5.74) is -0.0517. The lowest BCUT2D eigenvalue weighted by Crippen LogP contribution is -2.01. The van der Waals surface area contributed by atoms with Crippen molar-refractivity contribution >= 4 is 17.3 Å². The van der Waals surface area contributed by atoms with E-state index in [9.17, 15) is 10.1 Å². The minimum atomic E-state index is -0.582. The minimum absolute atomic E-state index is 0.0247. The molecule has 8 heteroatoms. The highest BCUT2D eigenvalue weighted by Crippen LogP contribution is 2.33. The molecule has 0 saturated heterocycles. The van der Waals surface area contributed by atoms with Crippen LogP contribution in [0.25, 0.3) is 11.4 Å². The van der Waals surface area contributed by atoms with Crippen LogP contribution in [-0.2, 0) is 0 Å². The van der Waals surface area contributed by atoms with E-state index in [4.69, 9.17) is 11.6 Å². The molecule has 0 aliphatic carbocycles. The van der Waals surface area contributed by atoms with Crippen molar-refractivity contribution in [2.45, 2.75) is 6.92 Å². The van der Waals surface area contributed by atoms with Crippen molar-refractivity contribution in [2.24, 2.45) is 0 Å². The second kappa shape index (κ2) is 4.38. The number of aromatic nitrogens is 4. The summed E-state index contributed by atoms with van der Waals surface area (Å²) in [6, 6.07) is 4.50. The number of aryl methyl sites for hydroxylation is 1. The zero-order chi connectivity index (χ0) is 12.4. The van der Waals surface area contributed by atoms with Gasteiger partial charge in [0.15, 0.2) is 5.82 Å². The van der Waals surface area contributed by atoms with Crippen molar-refractivity contribution in [1.29, 1.82) is 0 Å². The van der Waals surface area contributed by atoms with Gasteiger partial charge in [0.1, 0.15) is 10.6 Å². The maximum Gasteiger partial charge on any atom is 0.298 e. The van der Waals surface area contributed by atoms with Crippen LogP contribution in [0.4, 0.5) is 5.69 Å². The zero-order valence-electron chi connectivity index (χ0n) is 8.66. The minimum Gasteiger partial charge on any atom is -0.258 e. The van der Waals surface area contributed by atoms with Gasteiger partial charge < -0.3 is 0 Å². The molecule has 0 atom stereocenters. The van der Waals surface area contributed by atoms with Crippen molar-refractivity contribution in [1.82, 2.24) is 20.4 Å². The molecule has 1 aromatic heterocycles. The third kappa shape index (κ3) is 2.18. The Labute approximate surface area is 101 Å². The summed E-state index contributed by atoms with van der Waals surface area (Å²) >= 11 is 5.77. The van der Waals surface area contributed by atoms with Crippen molar-refractivity contribution in [3.05, 3.63) is 39.2 Å². The molecule has 0 bridgehead atoms. The smallest absolute Gasteiger partial charge is 0.258 e. The number of para-hydroxylation sites is 1. The number of rotatable bonds is 2. The lowest BCUT2D eigenvalue weighted by Gasteiger charge is -2.01. The van der Waals surface area contributed by atoms with Gasteiger partial charge in [-0.15, -0.1) is 20.4 Å². The van der Waals surface area contributed by atoms with E-state index in [0.717, 1.165) is 0 Å². The lowest BCUT2D eigenvalue weighted by molar-refractivity contribution is -0.384. The summed E-state index contributed by atoms with van der Waals surface area (Å²) < 4.78 is 0. The third-order valence-electron chi connectivity index (χ3n) is 1.99. The predicted octanol–water partition coefficient (Wildman–Crippen LogP) is 1.80. The van der Waals surface area contributed by atoms with Crippen molar-refractivity contribution in [3.63, 3.8) is 0 Å². The van der Waals surface area contributed by atoms with Gasteiger partial charge in [-0.3, -0.25) is 10.1 Å². The van der Waals surface area contributed by atoms with Crippen LogP contribution in [-0.4, -0.2) is 25.3 Å². The average molecular weight is 252 g/mol. The van der Waals surface area contributed by atoms with E-state index >= 15 is 0 Å². The Morgan fingerprint density at radius 3 is 2.47 bits per heavy atom. The standard InChI is InChI=1S/C9H6ClN5O2/c1-5-11-13-9(14-12-5)6-3-2-4-7(10)8(6)15(16)17/h2-4H,1H3. The summed E-state index contributed by atoms with van der Waals surface area (Å²) in [6.07, 6.45) is 0. The highest BCUT2D eigenvalue weighted by Gasteiger charge is 2.21. The monoisotopic (exact) mass is 251 g/mol. The second-order valence-electron chi connectivity index (χ2n) is 3.16. The van der Waals surface area contributed by atoms with Crippen LogP contribution in [0.3, 0.4) is 0 Å². The van der Waals surface area contributed by atoms with Gasteiger partial charge in [-0.1, -0.05) is 17.7 Å². The Morgan fingerprint density at radius 1 is 1.24 bits per heavy atom. The van der Waals surface area contributed by atoms with Gasteiger partial charge in [-0.25, -0.2) is 0 Å². The van der Waals surface area contributed by atoms with Gasteiger partial charge in [0.05, 0.1) is 4.92 Å². The van der Waals surface area contributed by atoms with Gasteiger partial charge in [0.2, 0.25) is 5.82 Å². The number of nitrogens with zero attached hydrogens (tertiary/aromatic N) is 5. The molecular weight excluding hydrogens is 246 g/mol. The first-order valence-corrected chi connectivity index (χ1v) is 4.94. The zero-order valence-corrected chi connectivity index (χ0v) is 9.42. The molecule has 0 saturated carbocycles. The number of halogens is 1. The van der Waals surface area contributed by atoms with E-state index in [2.05, 4.69) is 20.4 Å². The Morgan fingerprint density at radius 2 is 1.88 bits per heavy atom. The summed E-state index contributed by atoms with van der Waals surface area (Å²) in [5.74, 6) is 0.461. The van der Waals surface area contributed by atoms with Gasteiger partial charge >= 0.3 is 0 Å². The predicted molar refractivity (Wildman–Crippen MR) is 59.5 cm³/mol. The molecule has 1 heterocycles. The number of nitro benzene ring substituents is 1. The Balaban J connectivity index is 2.63. The molecule has 86 valence electrons.